The van der Waals surface area contributed by atoms with E-state index in [1.165, 1.54) is 11.8 Å². The predicted molar refractivity (Wildman–Crippen MR) is 119 cm³/mol. The minimum atomic E-state index is -0.839. The zero-order valence-corrected chi connectivity index (χ0v) is 18.4. The summed E-state index contributed by atoms with van der Waals surface area (Å²) in [5.41, 5.74) is 2.69. The summed E-state index contributed by atoms with van der Waals surface area (Å²) in [6.45, 7) is 3.93. The number of amides is 2. The quantitative estimate of drug-likeness (QED) is 0.611. The van der Waals surface area contributed by atoms with Crippen molar-refractivity contribution in [3.8, 4) is 0 Å². The highest BCUT2D eigenvalue weighted by Crippen LogP contribution is 2.27. The minimum absolute atomic E-state index is 0.0621. The number of esters is 1. The molecule has 32 heavy (non-hydrogen) atoms. The van der Waals surface area contributed by atoms with Crippen molar-refractivity contribution in [1.29, 1.82) is 0 Å². The summed E-state index contributed by atoms with van der Waals surface area (Å²) in [7, 11) is 0. The van der Waals surface area contributed by atoms with E-state index < -0.39 is 12.0 Å². The van der Waals surface area contributed by atoms with E-state index >= 15 is 0 Å². The number of hydrogen-bond donors (Lipinski definition) is 1. The first-order valence-electron chi connectivity index (χ1n) is 10.6. The van der Waals surface area contributed by atoms with Crippen molar-refractivity contribution in [2.24, 2.45) is 0 Å². The van der Waals surface area contributed by atoms with E-state index in [0.717, 1.165) is 11.1 Å². The van der Waals surface area contributed by atoms with Gasteiger partial charge in [-0.05, 0) is 18.1 Å². The number of hydrogen-bond acceptors (Lipinski definition) is 5. The van der Waals surface area contributed by atoms with Crippen LogP contribution in [0.25, 0.3) is 0 Å². The largest absolute Gasteiger partial charge is 0.463 e. The van der Waals surface area contributed by atoms with Gasteiger partial charge in [-0.25, -0.2) is 4.79 Å². The Morgan fingerprint density at radius 1 is 1.00 bits per heavy atom. The van der Waals surface area contributed by atoms with Gasteiger partial charge >= 0.3 is 5.97 Å². The van der Waals surface area contributed by atoms with E-state index in [-0.39, 0.29) is 38.0 Å². The molecule has 1 atom stereocenters. The van der Waals surface area contributed by atoms with Crippen LogP contribution >= 0.6 is 0 Å². The van der Waals surface area contributed by atoms with Gasteiger partial charge in [-0.2, -0.15) is 0 Å². The first-order valence-corrected chi connectivity index (χ1v) is 10.6. The highest BCUT2D eigenvalue weighted by Gasteiger charge is 2.38. The third-order valence-corrected chi connectivity index (χ3v) is 5.08. The second kappa shape index (κ2) is 11.2. The van der Waals surface area contributed by atoms with E-state index in [1.54, 1.807) is 6.92 Å². The van der Waals surface area contributed by atoms with Crippen LogP contribution in [0.1, 0.15) is 31.4 Å². The summed E-state index contributed by atoms with van der Waals surface area (Å²) in [6, 6.07) is 18.3. The molecule has 1 aliphatic rings. The molecule has 2 aromatic rings. The van der Waals surface area contributed by atoms with E-state index in [4.69, 9.17) is 9.47 Å². The monoisotopic (exact) mass is 436 g/mol. The molecule has 0 saturated carbocycles. The number of benzene rings is 2. The Morgan fingerprint density at radius 2 is 1.62 bits per heavy atom. The fourth-order valence-corrected chi connectivity index (χ4v) is 3.61. The average molecular weight is 437 g/mol. The van der Waals surface area contributed by atoms with Crippen molar-refractivity contribution < 1.29 is 23.9 Å². The van der Waals surface area contributed by atoms with Crippen LogP contribution in [0.5, 0.6) is 0 Å². The molecule has 1 N–H and O–H groups in total. The maximum Gasteiger partial charge on any atom is 0.335 e. The van der Waals surface area contributed by atoms with E-state index in [2.05, 4.69) is 5.32 Å². The fraction of sp³-hybridized carbons (Fsp3) is 0.320. The lowest BCUT2D eigenvalue weighted by Gasteiger charge is -2.36. The van der Waals surface area contributed by atoms with Crippen LogP contribution in [-0.4, -0.2) is 41.9 Å². The topological polar surface area (TPSA) is 84.9 Å². The van der Waals surface area contributed by atoms with Crippen LogP contribution in [-0.2, 0) is 37.0 Å². The maximum atomic E-state index is 13.3. The molecule has 1 heterocycles. The Bertz CT molecular complexity index is 972. The third kappa shape index (κ3) is 6.04. The van der Waals surface area contributed by atoms with Crippen molar-refractivity contribution in [3.63, 3.8) is 0 Å². The van der Waals surface area contributed by atoms with Crippen molar-refractivity contribution in [3.05, 3.63) is 83.1 Å². The molecular formula is C25H28N2O5. The number of carbonyl (C=O) groups is 3. The first-order chi connectivity index (χ1) is 15.5. The molecule has 7 heteroatoms. The highest BCUT2D eigenvalue weighted by atomic mass is 16.5. The summed E-state index contributed by atoms with van der Waals surface area (Å²) in [5, 5.41) is 2.66. The number of carbonyl (C=O) groups excluding carboxylic acids is 3. The van der Waals surface area contributed by atoms with Gasteiger partial charge in [0.05, 0.1) is 37.6 Å². The summed E-state index contributed by atoms with van der Waals surface area (Å²) in [6.07, 6.45) is 0.0621. The molecule has 0 radical (unpaired) electrons. The number of nitrogens with zero attached hydrogens (tertiary/aromatic N) is 1. The van der Waals surface area contributed by atoms with Crippen LogP contribution in [0.2, 0.25) is 0 Å². The van der Waals surface area contributed by atoms with Gasteiger partial charge < -0.3 is 19.7 Å². The van der Waals surface area contributed by atoms with Gasteiger partial charge in [-0.15, -0.1) is 0 Å². The Morgan fingerprint density at radius 3 is 2.22 bits per heavy atom. The number of nitrogens with one attached hydrogen (secondary N) is 1. The molecule has 168 valence electrons. The molecular weight excluding hydrogens is 408 g/mol. The van der Waals surface area contributed by atoms with Gasteiger partial charge in [-0.1, -0.05) is 60.7 Å². The molecule has 1 unspecified atom stereocenters. The van der Waals surface area contributed by atoms with Gasteiger partial charge in [0.25, 0.3) is 0 Å². The van der Waals surface area contributed by atoms with Crippen LogP contribution in [0.3, 0.4) is 0 Å². The molecule has 0 saturated heterocycles. The SMILES string of the molecule is CCOC(=O)C1=C(COCc2ccccc2)N(Cc2ccccc2)C(=O)C(NC(C)=O)C1. The van der Waals surface area contributed by atoms with Crippen LogP contribution < -0.4 is 5.32 Å². The predicted octanol–water partition coefficient (Wildman–Crippen LogP) is 2.96. The molecule has 0 fully saturated rings. The van der Waals surface area contributed by atoms with E-state index in [9.17, 15) is 14.4 Å². The zero-order valence-electron chi connectivity index (χ0n) is 18.4. The molecule has 3 rings (SSSR count). The Hall–Kier alpha value is -3.45. The Kier molecular flexibility index (Phi) is 8.16. The van der Waals surface area contributed by atoms with Crippen LogP contribution in [0.15, 0.2) is 71.9 Å². The average Bonchev–Trinajstić information content (AvgIpc) is 2.79. The zero-order chi connectivity index (χ0) is 22.9. The van der Waals surface area contributed by atoms with E-state index in [0.29, 0.717) is 17.9 Å². The fourth-order valence-electron chi connectivity index (χ4n) is 3.61. The van der Waals surface area contributed by atoms with Crippen molar-refractivity contribution >= 4 is 17.8 Å². The summed E-state index contributed by atoms with van der Waals surface area (Å²) < 4.78 is 11.2. The van der Waals surface area contributed by atoms with Crippen molar-refractivity contribution in [2.45, 2.75) is 39.5 Å². The van der Waals surface area contributed by atoms with Gasteiger partial charge in [-0.3, -0.25) is 9.59 Å². The molecule has 2 aromatic carbocycles. The number of rotatable bonds is 9. The normalized spacial score (nSPS) is 16.1. The summed E-state index contributed by atoms with van der Waals surface area (Å²) in [4.78, 5) is 39.3. The molecule has 2 amide bonds. The lowest BCUT2D eigenvalue weighted by molar-refractivity contribution is -0.141. The Balaban J connectivity index is 1.93. The van der Waals surface area contributed by atoms with Crippen molar-refractivity contribution in [1.82, 2.24) is 10.2 Å². The first kappa shape index (κ1) is 23.2. The third-order valence-electron chi connectivity index (χ3n) is 5.08. The van der Waals surface area contributed by atoms with Crippen molar-refractivity contribution in [2.75, 3.05) is 13.2 Å². The summed E-state index contributed by atoms with van der Waals surface area (Å²) >= 11 is 0. The minimum Gasteiger partial charge on any atom is -0.463 e. The van der Waals surface area contributed by atoms with Crippen LogP contribution in [0, 0.1) is 0 Å². The molecule has 0 spiro atoms. The van der Waals surface area contributed by atoms with Gasteiger partial charge in [0.1, 0.15) is 6.04 Å². The Labute approximate surface area is 188 Å². The second-order valence-corrected chi connectivity index (χ2v) is 7.49. The van der Waals surface area contributed by atoms with Gasteiger partial charge in [0.15, 0.2) is 0 Å². The molecule has 0 aliphatic carbocycles. The lowest BCUT2D eigenvalue weighted by Crippen LogP contribution is -2.52. The van der Waals surface area contributed by atoms with E-state index in [1.807, 2.05) is 60.7 Å². The molecule has 0 bridgehead atoms. The second-order valence-electron chi connectivity index (χ2n) is 7.49. The van der Waals surface area contributed by atoms with Crippen LogP contribution in [0.4, 0.5) is 0 Å². The molecule has 7 nitrogen and oxygen atoms in total. The maximum absolute atomic E-state index is 13.3. The molecule has 1 aliphatic heterocycles. The van der Waals surface area contributed by atoms with Gasteiger partial charge in [0.2, 0.25) is 11.8 Å². The smallest absolute Gasteiger partial charge is 0.335 e. The molecule has 0 aromatic heterocycles. The summed E-state index contributed by atoms with van der Waals surface area (Å²) in [5.74, 6) is -1.13. The highest BCUT2D eigenvalue weighted by molar-refractivity contribution is 5.97. The van der Waals surface area contributed by atoms with Gasteiger partial charge in [0, 0.05) is 13.3 Å². The lowest BCUT2D eigenvalue weighted by atomic mass is 9.96. The number of ether oxygens (including phenoxy) is 2. The standard InChI is InChI=1S/C25H28N2O5/c1-3-32-25(30)21-14-22(26-18(2)28)24(29)27(15-19-10-6-4-7-11-19)23(21)17-31-16-20-12-8-5-9-13-20/h4-13,22H,3,14-17H2,1-2H3,(H,26,28).